The fourth-order valence-electron chi connectivity index (χ4n) is 2.80. The first kappa shape index (κ1) is 15.7. The molecule has 6 heteroatoms. The van der Waals surface area contributed by atoms with E-state index >= 15 is 0 Å². The predicted molar refractivity (Wildman–Crippen MR) is 78.8 cm³/mol. The number of carbonyl (C=O) groups excluding carboxylic acids is 1. The third kappa shape index (κ3) is 5.75. The van der Waals surface area contributed by atoms with Gasteiger partial charge in [0.25, 0.3) is 0 Å². The van der Waals surface area contributed by atoms with Crippen molar-refractivity contribution < 1.29 is 9.53 Å². The molecule has 2 aliphatic heterocycles. The van der Waals surface area contributed by atoms with E-state index in [-0.39, 0.29) is 11.9 Å². The summed E-state index contributed by atoms with van der Waals surface area (Å²) in [6.07, 6.45) is 1.12. The molecule has 2 fully saturated rings. The predicted octanol–water partition coefficient (Wildman–Crippen LogP) is -0.881. The number of morpholine rings is 1. The Bertz CT molecular complexity index is 287. The lowest BCUT2D eigenvalue weighted by Gasteiger charge is -2.29. The van der Waals surface area contributed by atoms with E-state index in [2.05, 4.69) is 27.4 Å². The molecule has 2 N–H and O–H groups in total. The Kier molecular flexibility index (Phi) is 6.72. The number of rotatable bonds is 5. The van der Waals surface area contributed by atoms with Gasteiger partial charge in [0.2, 0.25) is 5.91 Å². The summed E-state index contributed by atoms with van der Waals surface area (Å²) in [4.78, 5) is 16.6. The van der Waals surface area contributed by atoms with E-state index in [9.17, 15) is 4.79 Å². The maximum atomic E-state index is 12.1. The lowest BCUT2D eigenvalue weighted by atomic mass is 10.2. The molecule has 2 rings (SSSR count). The SMILES string of the molecule is CC(CN1CCOCC1)NC(=O)CN1CCCNCC1. The summed E-state index contributed by atoms with van der Waals surface area (Å²) >= 11 is 0. The molecular weight excluding hydrogens is 256 g/mol. The molecular formula is C14H28N4O2. The summed E-state index contributed by atoms with van der Waals surface area (Å²) in [5.41, 5.74) is 0. The van der Waals surface area contributed by atoms with Gasteiger partial charge < -0.3 is 15.4 Å². The molecule has 0 bridgehead atoms. The molecule has 2 heterocycles. The minimum atomic E-state index is 0.146. The highest BCUT2D eigenvalue weighted by Crippen LogP contribution is 1.99. The molecule has 2 saturated heterocycles. The molecule has 20 heavy (non-hydrogen) atoms. The van der Waals surface area contributed by atoms with Crippen molar-refractivity contribution in [1.82, 2.24) is 20.4 Å². The van der Waals surface area contributed by atoms with Crippen LogP contribution in [0, 0.1) is 0 Å². The maximum absolute atomic E-state index is 12.1. The van der Waals surface area contributed by atoms with Gasteiger partial charge in [-0.1, -0.05) is 0 Å². The van der Waals surface area contributed by atoms with Crippen LogP contribution >= 0.6 is 0 Å². The Hall–Kier alpha value is -0.690. The third-order valence-corrected chi connectivity index (χ3v) is 3.84. The van der Waals surface area contributed by atoms with Crippen molar-refractivity contribution in [3.63, 3.8) is 0 Å². The minimum absolute atomic E-state index is 0.146. The van der Waals surface area contributed by atoms with Crippen molar-refractivity contribution >= 4 is 5.91 Å². The van der Waals surface area contributed by atoms with Gasteiger partial charge in [0.05, 0.1) is 19.8 Å². The Morgan fingerprint density at radius 2 is 2.00 bits per heavy atom. The second-order valence-corrected chi connectivity index (χ2v) is 5.76. The van der Waals surface area contributed by atoms with Crippen LogP contribution < -0.4 is 10.6 Å². The molecule has 1 amide bonds. The van der Waals surface area contributed by atoms with Crippen LogP contribution in [-0.4, -0.2) is 87.3 Å². The van der Waals surface area contributed by atoms with Crippen LogP contribution in [0.2, 0.25) is 0 Å². The molecule has 2 aliphatic rings. The Labute approximate surface area is 121 Å². The number of ether oxygens (including phenoxy) is 1. The summed E-state index contributed by atoms with van der Waals surface area (Å²) in [6.45, 7) is 11.1. The van der Waals surface area contributed by atoms with Crippen molar-refractivity contribution in [1.29, 1.82) is 0 Å². The van der Waals surface area contributed by atoms with Gasteiger partial charge in [-0.3, -0.25) is 14.6 Å². The van der Waals surface area contributed by atoms with Gasteiger partial charge in [-0.05, 0) is 26.4 Å². The summed E-state index contributed by atoms with van der Waals surface area (Å²) < 4.78 is 5.33. The summed E-state index contributed by atoms with van der Waals surface area (Å²) in [5.74, 6) is 0.146. The molecule has 0 aromatic rings. The molecule has 116 valence electrons. The first-order valence-electron chi connectivity index (χ1n) is 7.76. The van der Waals surface area contributed by atoms with E-state index in [1.165, 1.54) is 0 Å². The van der Waals surface area contributed by atoms with Gasteiger partial charge in [-0.25, -0.2) is 0 Å². The molecule has 6 nitrogen and oxygen atoms in total. The van der Waals surface area contributed by atoms with Crippen LogP contribution in [0.25, 0.3) is 0 Å². The van der Waals surface area contributed by atoms with Crippen LogP contribution in [0.15, 0.2) is 0 Å². The second kappa shape index (κ2) is 8.56. The van der Waals surface area contributed by atoms with E-state index in [0.717, 1.165) is 65.4 Å². The van der Waals surface area contributed by atoms with Crippen LogP contribution in [0.1, 0.15) is 13.3 Å². The number of nitrogens with zero attached hydrogens (tertiary/aromatic N) is 2. The van der Waals surface area contributed by atoms with Crippen LogP contribution in [0.5, 0.6) is 0 Å². The monoisotopic (exact) mass is 284 g/mol. The zero-order chi connectivity index (χ0) is 14.2. The smallest absolute Gasteiger partial charge is 0.234 e. The summed E-state index contributed by atoms with van der Waals surface area (Å²) in [7, 11) is 0. The standard InChI is InChI=1S/C14H28N4O2/c1-13(11-18-7-9-20-10-8-18)16-14(19)12-17-5-2-3-15-4-6-17/h13,15H,2-12H2,1H3,(H,16,19). The minimum Gasteiger partial charge on any atom is -0.379 e. The van der Waals surface area contributed by atoms with Crippen molar-refractivity contribution in [3.8, 4) is 0 Å². The molecule has 0 aliphatic carbocycles. The van der Waals surface area contributed by atoms with Crippen LogP contribution in [0.4, 0.5) is 0 Å². The first-order chi connectivity index (χ1) is 9.74. The zero-order valence-electron chi connectivity index (χ0n) is 12.6. The van der Waals surface area contributed by atoms with Gasteiger partial charge in [0.1, 0.15) is 0 Å². The normalized spacial score (nSPS) is 24.1. The van der Waals surface area contributed by atoms with Crippen LogP contribution in [-0.2, 0) is 9.53 Å². The topological polar surface area (TPSA) is 56.8 Å². The first-order valence-corrected chi connectivity index (χ1v) is 7.76. The molecule has 1 atom stereocenters. The van der Waals surface area contributed by atoms with Gasteiger partial charge in [0.15, 0.2) is 0 Å². The Balaban J connectivity index is 1.64. The van der Waals surface area contributed by atoms with E-state index in [0.29, 0.717) is 6.54 Å². The van der Waals surface area contributed by atoms with E-state index in [4.69, 9.17) is 4.74 Å². The Morgan fingerprint density at radius 1 is 1.20 bits per heavy atom. The molecule has 0 aromatic carbocycles. The van der Waals surface area contributed by atoms with Gasteiger partial charge in [-0.15, -0.1) is 0 Å². The highest BCUT2D eigenvalue weighted by atomic mass is 16.5. The lowest BCUT2D eigenvalue weighted by Crippen LogP contribution is -2.48. The summed E-state index contributed by atoms with van der Waals surface area (Å²) in [6, 6.07) is 0.200. The Morgan fingerprint density at radius 3 is 2.80 bits per heavy atom. The van der Waals surface area contributed by atoms with Crippen molar-refractivity contribution in [2.24, 2.45) is 0 Å². The lowest BCUT2D eigenvalue weighted by molar-refractivity contribution is -0.123. The van der Waals surface area contributed by atoms with Gasteiger partial charge in [0, 0.05) is 38.8 Å². The molecule has 0 saturated carbocycles. The fourth-order valence-corrected chi connectivity index (χ4v) is 2.80. The molecule has 0 aromatic heterocycles. The number of carbonyl (C=O) groups is 1. The third-order valence-electron chi connectivity index (χ3n) is 3.84. The highest BCUT2D eigenvalue weighted by molar-refractivity contribution is 5.78. The average molecular weight is 284 g/mol. The van der Waals surface area contributed by atoms with Crippen molar-refractivity contribution in [3.05, 3.63) is 0 Å². The van der Waals surface area contributed by atoms with Gasteiger partial charge >= 0.3 is 0 Å². The number of hydrogen-bond donors (Lipinski definition) is 2. The largest absolute Gasteiger partial charge is 0.379 e. The maximum Gasteiger partial charge on any atom is 0.234 e. The van der Waals surface area contributed by atoms with E-state index in [1.807, 2.05) is 0 Å². The zero-order valence-corrected chi connectivity index (χ0v) is 12.6. The fraction of sp³-hybridized carbons (Fsp3) is 0.929. The number of amides is 1. The second-order valence-electron chi connectivity index (χ2n) is 5.76. The number of nitrogens with one attached hydrogen (secondary N) is 2. The highest BCUT2D eigenvalue weighted by Gasteiger charge is 2.17. The van der Waals surface area contributed by atoms with Gasteiger partial charge in [-0.2, -0.15) is 0 Å². The van der Waals surface area contributed by atoms with Crippen molar-refractivity contribution in [2.45, 2.75) is 19.4 Å². The van der Waals surface area contributed by atoms with E-state index in [1.54, 1.807) is 0 Å². The van der Waals surface area contributed by atoms with Crippen molar-refractivity contribution in [2.75, 3.05) is 65.6 Å². The van der Waals surface area contributed by atoms with Crippen LogP contribution in [0.3, 0.4) is 0 Å². The van der Waals surface area contributed by atoms with E-state index < -0.39 is 0 Å². The molecule has 0 spiro atoms. The average Bonchev–Trinajstić information content (AvgIpc) is 2.68. The molecule has 0 radical (unpaired) electrons. The number of hydrogen-bond acceptors (Lipinski definition) is 5. The quantitative estimate of drug-likeness (QED) is 0.686. The summed E-state index contributed by atoms with van der Waals surface area (Å²) in [5, 5.41) is 6.46. The molecule has 1 unspecified atom stereocenters.